The van der Waals surface area contributed by atoms with Gasteiger partial charge in [0.15, 0.2) is 5.43 Å². The number of hydrogen-bond donors (Lipinski definition) is 0. The molecule has 1 atom stereocenters. The van der Waals surface area contributed by atoms with Gasteiger partial charge in [0, 0.05) is 0 Å². The van der Waals surface area contributed by atoms with E-state index >= 15 is 0 Å². The molecule has 0 fully saturated rings. The number of ether oxygens (including phenoxy) is 1. The third-order valence-electron chi connectivity index (χ3n) is 6.44. The van der Waals surface area contributed by atoms with Crippen molar-refractivity contribution in [2.24, 2.45) is 5.92 Å². The molecule has 4 aromatic rings. The van der Waals surface area contributed by atoms with Gasteiger partial charge in [0.05, 0.1) is 36.4 Å². The molecular weight excluding hydrogens is 442 g/mol. The maximum Gasteiger partial charge on any atom is 0.291 e. The third kappa shape index (κ3) is 4.25. The zero-order valence-electron chi connectivity index (χ0n) is 20.5. The highest BCUT2D eigenvalue weighted by Crippen LogP contribution is 2.40. The first-order valence-electron chi connectivity index (χ1n) is 12.0. The second kappa shape index (κ2) is 9.10. The number of benzene rings is 2. The lowest BCUT2D eigenvalue weighted by molar-refractivity contribution is 0.0701. The van der Waals surface area contributed by atoms with E-state index in [0.717, 1.165) is 23.1 Å². The van der Waals surface area contributed by atoms with E-state index in [1.165, 1.54) is 0 Å². The van der Waals surface area contributed by atoms with Crippen molar-refractivity contribution in [3.8, 4) is 5.75 Å². The van der Waals surface area contributed by atoms with Crippen molar-refractivity contribution in [1.29, 1.82) is 0 Å². The van der Waals surface area contributed by atoms with E-state index in [-0.39, 0.29) is 23.6 Å². The van der Waals surface area contributed by atoms with Crippen molar-refractivity contribution in [3.63, 3.8) is 0 Å². The molecule has 3 heterocycles. The number of rotatable bonds is 7. The molecule has 0 spiro atoms. The Kier molecular flexibility index (Phi) is 5.97. The van der Waals surface area contributed by atoms with Crippen molar-refractivity contribution in [2.45, 2.75) is 46.7 Å². The van der Waals surface area contributed by atoms with Gasteiger partial charge in [-0.25, -0.2) is 0 Å². The summed E-state index contributed by atoms with van der Waals surface area (Å²) in [5, 5.41) is 0.489. The second-order valence-electron chi connectivity index (χ2n) is 9.65. The summed E-state index contributed by atoms with van der Waals surface area (Å²) in [5.41, 5.74) is 3.22. The van der Waals surface area contributed by atoms with Crippen molar-refractivity contribution in [3.05, 3.63) is 98.8 Å². The second-order valence-corrected chi connectivity index (χ2v) is 9.65. The van der Waals surface area contributed by atoms with E-state index in [9.17, 15) is 9.59 Å². The molecule has 6 nitrogen and oxygen atoms in total. The molecule has 5 rings (SSSR count). The zero-order valence-corrected chi connectivity index (χ0v) is 20.5. The predicted molar refractivity (Wildman–Crippen MR) is 134 cm³/mol. The number of hydrogen-bond acceptors (Lipinski definition) is 5. The maximum atomic E-state index is 13.8. The molecule has 0 N–H and O–H groups in total. The van der Waals surface area contributed by atoms with Gasteiger partial charge in [0.1, 0.15) is 17.1 Å². The number of carbonyl (C=O) groups is 1. The summed E-state index contributed by atoms with van der Waals surface area (Å²) < 4.78 is 17.7. The minimum atomic E-state index is -0.613. The molecule has 180 valence electrons. The Bertz CT molecular complexity index is 1450. The molecular formula is C29H29NO5. The van der Waals surface area contributed by atoms with E-state index in [2.05, 4.69) is 13.8 Å². The Morgan fingerprint density at radius 3 is 2.63 bits per heavy atom. The van der Waals surface area contributed by atoms with E-state index in [4.69, 9.17) is 13.6 Å². The summed E-state index contributed by atoms with van der Waals surface area (Å²) >= 11 is 0. The minimum Gasteiger partial charge on any atom is -0.494 e. The van der Waals surface area contributed by atoms with Crippen molar-refractivity contribution >= 4 is 16.9 Å². The Balaban J connectivity index is 1.65. The highest BCUT2D eigenvalue weighted by atomic mass is 16.5. The average Bonchev–Trinajstić information content (AvgIpc) is 3.42. The number of nitrogens with zero attached hydrogens (tertiary/aromatic N) is 1. The van der Waals surface area contributed by atoms with Crippen LogP contribution in [0.1, 0.15) is 64.9 Å². The first-order valence-corrected chi connectivity index (χ1v) is 12.0. The Labute approximate surface area is 204 Å². The molecule has 1 aliphatic rings. The van der Waals surface area contributed by atoms with Gasteiger partial charge in [-0.2, -0.15) is 0 Å². The van der Waals surface area contributed by atoms with Crippen LogP contribution < -0.4 is 10.2 Å². The van der Waals surface area contributed by atoms with Gasteiger partial charge in [-0.1, -0.05) is 32.0 Å². The first-order chi connectivity index (χ1) is 16.8. The molecule has 35 heavy (non-hydrogen) atoms. The summed E-state index contributed by atoms with van der Waals surface area (Å²) in [6.45, 7) is 8.96. The Hall–Kier alpha value is -3.80. The lowest BCUT2D eigenvalue weighted by atomic mass is 9.97. The number of fused-ring (bicyclic) bond motifs is 2. The molecule has 0 radical (unpaired) electrons. The first kappa shape index (κ1) is 23.0. The molecule has 0 aliphatic carbocycles. The monoisotopic (exact) mass is 471 g/mol. The minimum absolute atomic E-state index is 0.0946. The molecule has 1 unspecified atom stereocenters. The van der Waals surface area contributed by atoms with E-state index in [0.29, 0.717) is 40.6 Å². The molecule has 0 bridgehead atoms. The smallest absolute Gasteiger partial charge is 0.291 e. The predicted octanol–water partition coefficient (Wildman–Crippen LogP) is 6.17. The van der Waals surface area contributed by atoms with Crippen molar-refractivity contribution < 1.29 is 18.4 Å². The molecule has 0 saturated heterocycles. The molecule has 1 aliphatic heterocycles. The average molecular weight is 472 g/mol. The van der Waals surface area contributed by atoms with E-state index < -0.39 is 6.04 Å². The Morgan fingerprint density at radius 2 is 1.89 bits per heavy atom. The van der Waals surface area contributed by atoms with Crippen LogP contribution in [-0.2, 0) is 6.54 Å². The van der Waals surface area contributed by atoms with Crippen LogP contribution in [0.3, 0.4) is 0 Å². The molecule has 1 amide bonds. The van der Waals surface area contributed by atoms with Crippen LogP contribution in [0.2, 0.25) is 0 Å². The van der Waals surface area contributed by atoms with Crippen molar-refractivity contribution in [2.75, 3.05) is 6.61 Å². The number of carbonyl (C=O) groups excluding carboxylic acids is 1. The summed E-state index contributed by atoms with van der Waals surface area (Å²) in [5.74, 6) is 1.64. The Morgan fingerprint density at radius 1 is 1.06 bits per heavy atom. The highest BCUT2D eigenvalue weighted by Gasteiger charge is 2.43. The lowest BCUT2D eigenvalue weighted by Gasteiger charge is -2.24. The normalized spacial score (nSPS) is 15.3. The van der Waals surface area contributed by atoms with E-state index in [1.807, 2.05) is 56.3 Å². The fraction of sp³-hybridized carbons (Fsp3) is 0.310. The van der Waals surface area contributed by atoms with Gasteiger partial charge in [-0.3, -0.25) is 9.59 Å². The molecule has 6 heteroatoms. The molecule has 2 aromatic carbocycles. The third-order valence-corrected chi connectivity index (χ3v) is 6.44. The van der Waals surface area contributed by atoms with Gasteiger partial charge in [0.2, 0.25) is 5.76 Å². The SMILES string of the molecule is Cc1cc(C)c2oc3c(c(=O)c2c1)C(c1cccc(OCCC(C)C)c1)N(Cc1ccco1)C3=O. The molecule has 0 saturated carbocycles. The zero-order chi connectivity index (χ0) is 24.7. The van der Waals surface area contributed by atoms with Gasteiger partial charge >= 0.3 is 0 Å². The highest BCUT2D eigenvalue weighted by molar-refractivity contribution is 5.99. The van der Waals surface area contributed by atoms with Crippen LogP contribution in [0.25, 0.3) is 11.0 Å². The van der Waals surface area contributed by atoms with Crippen LogP contribution in [0.15, 0.2) is 68.4 Å². The quantitative estimate of drug-likeness (QED) is 0.322. The van der Waals surface area contributed by atoms with Crippen LogP contribution in [-0.4, -0.2) is 17.4 Å². The van der Waals surface area contributed by atoms with Gasteiger partial charge in [0.25, 0.3) is 5.91 Å². The summed E-state index contributed by atoms with van der Waals surface area (Å²) in [7, 11) is 0. The lowest BCUT2D eigenvalue weighted by Crippen LogP contribution is -2.29. The van der Waals surface area contributed by atoms with E-state index in [1.54, 1.807) is 17.2 Å². The van der Waals surface area contributed by atoms with Gasteiger partial charge < -0.3 is 18.5 Å². The van der Waals surface area contributed by atoms with Crippen LogP contribution in [0, 0.1) is 19.8 Å². The number of furan rings is 1. The van der Waals surface area contributed by atoms with Gasteiger partial charge in [-0.05, 0) is 73.2 Å². The van der Waals surface area contributed by atoms with Crippen LogP contribution in [0.5, 0.6) is 5.75 Å². The van der Waals surface area contributed by atoms with Crippen molar-refractivity contribution in [1.82, 2.24) is 4.90 Å². The fourth-order valence-corrected chi connectivity index (χ4v) is 4.74. The maximum absolute atomic E-state index is 13.8. The number of amides is 1. The topological polar surface area (TPSA) is 72.9 Å². The van der Waals surface area contributed by atoms with Gasteiger partial charge in [-0.15, -0.1) is 0 Å². The summed E-state index contributed by atoms with van der Waals surface area (Å²) in [6, 6.07) is 14.4. The largest absolute Gasteiger partial charge is 0.494 e. The van der Waals surface area contributed by atoms with Crippen LogP contribution >= 0.6 is 0 Å². The van der Waals surface area contributed by atoms with Crippen LogP contribution in [0.4, 0.5) is 0 Å². The standard InChI is InChI=1S/C29H29NO5/c1-17(2)10-12-34-21-8-5-7-20(15-21)25-24-26(31)23-14-18(3)13-19(4)27(23)35-28(24)29(32)30(25)16-22-9-6-11-33-22/h5-9,11,13-15,17,25H,10,12,16H2,1-4H3. The fourth-order valence-electron chi connectivity index (χ4n) is 4.74. The molecule has 2 aromatic heterocycles. The number of aryl methyl sites for hydroxylation is 2. The summed E-state index contributed by atoms with van der Waals surface area (Å²) in [6.07, 6.45) is 2.51. The summed E-state index contributed by atoms with van der Waals surface area (Å²) in [4.78, 5) is 29.1.